The van der Waals surface area contributed by atoms with Gasteiger partial charge in [0, 0.05) is 17.3 Å². The Morgan fingerprint density at radius 2 is 2.04 bits per heavy atom. The average molecular weight is 328 g/mol. The Labute approximate surface area is 139 Å². The molecular formula is C17H20N4OS. The van der Waals surface area contributed by atoms with Crippen LogP contribution in [0.25, 0.3) is 0 Å². The van der Waals surface area contributed by atoms with Gasteiger partial charge in [-0.15, -0.1) is 21.5 Å². The minimum atomic E-state index is 0.220. The highest BCUT2D eigenvalue weighted by Crippen LogP contribution is 2.38. The first-order valence-corrected chi connectivity index (χ1v) is 9.21. The molecule has 3 heterocycles. The fraction of sp³-hybridized carbons (Fsp3) is 0.588. The Morgan fingerprint density at radius 1 is 1.17 bits per heavy atom. The van der Waals surface area contributed by atoms with Crippen LogP contribution in [0.5, 0.6) is 0 Å². The smallest absolute Gasteiger partial charge is 0.233 e. The van der Waals surface area contributed by atoms with Crippen LogP contribution in [0.4, 0.5) is 0 Å². The molecule has 0 N–H and O–H groups in total. The molecule has 23 heavy (non-hydrogen) atoms. The lowest BCUT2D eigenvalue weighted by molar-refractivity contribution is 0.116. The summed E-state index contributed by atoms with van der Waals surface area (Å²) in [6, 6.07) is 6.40. The van der Waals surface area contributed by atoms with E-state index in [2.05, 4.69) is 27.2 Å². The van der Waals surface area contributed by atoms with Crippen LogP contribution < -0.4 is 0 Å². The fourth-order valence-corrected chi connectivity index (χ4v) is 4.22. The highest BCUT2D eigenvalue weighted by molar-refractivity contribution is 7.12. The van der Waals surface area contributed by atoms with E-state index in [0.717, 1.165) is 36.2 Å². The van der Waals surface area contributed by atoms with Crippen LogP contribution in [0.2, 0.25) is 0 Å². The van der Waals surface area contributed by atoms with Gasteiger partial charge in [-0.1, -0.05) is 12.8 Å². The van der Waals surface area contributed by atoms with Crippen molar-refractivity contribution in [3.63, 3.8) is 0 Å². The molecule has 0 spiro atoms. The maximum atomic E-state index is 8.98. The third-order valence-corrected chi connectivity index (χ3v) is 5.91. The van der Waals surface area contributed by atoms with Crippen LogP contribution in [0, 0.1) is 11.3 Å². The lowest BCUT2D eigenvalue weighted by Gasteiger charge is -2.33. The second-order valence-electron chi connectivity index (χ2n) is 6.47. The van der Waals surface area contributed by atoms with E-state index in [4.69, 9.17) is 9.68 Å². The van der Waals surface area contributed by atoms with E-state index in [9.17, 15) is 0 Å². The lowest BCUT2D eigenvalue weighted by atomic mass is 9.85. The van der Waals surface area contributed by atoms with Crippen molar-refractivity contribution < 1.29 is 4.42 Å². The second kappa shape index (κ2) is 6.42. The van der Waals surface area contributed by atoms with Crippen molar-refractivity contribution >= 4 is 11.3 Å². The molecule has 0 bridgehead atoms. The molecule has 1 aliphatic heterocycles. The molecule has 1 saturated carbocycles. The van der Waals surface area contributed by atoms with E-state index < -0.39 is 0 Å². The third-order valence-electron chi connectivity index (χ3n) is 4.94. The third kappa shape index (κ3) is 3.04. The summed E-state index contributed by atoms with van der Waals surface area (Å²) in [7, 11) is 0. The molecule has 0 amide bonds. The van der Waals surface area contributed by atoms with Crippen molar-refractivity contribution in [2.75, 3.05) is 6.54 Å². The van der Waals surface area contributed by atoms with E-state index in [1.54, 1.807) is 11.3 Å². The van der Waals surface area contributed by atoms with Gasteiger partial charge >= 0.3 is 0 Å². The van der Waals surface area contributed by atoms with Gasteiger partial charge in [-0.05, 0) is 44.4 Å². The van der Waals surface area contributed by atoms with Gasteiger partial charge in [-0.3, -0.25) is 4.90 Å². The SMILES string of the molecule is N#Cc1ccc(CN2CCCC[C@@H]2c2nnc(C3CCC3)o2)s1. The zero-order valence-electron chi connectivity index (χ0n) is 13.1. The average Bonchev–Trinajstić information content (AvgIpc) is 3.16. The van der Waals surface area contributed by atoms with E-state index in [-0.39, 0.29) is 6.04 Å². The Kier molecular flexibility index (Phi) is 4.15. The van der Waals surface area contributed by atoms with Gasteiger partial charge in [0.1, 0.15) is 10.9 Å². The Balaban J connectivity index is 1.50. The summed E-state index contributed by atoms with van der Waals surface area (Å²) in [4.78, 5) is 4.43. The quantitative estimate of drug-likeness (QED) is 0.848. The first-order chi connectivity index (χ1) is 11.3. The van der Waals surface area contributed by atoms with Crippen molar-refractivity contribution in [3.8, 4) is 6.07 Å². The molecule has 2 aromatic heterocycles. The molecule has 1 saturated heterocycles. The van der Waals surface area contributed by atoms with Crippen LogP contribution in [-0.2, 0) is 6.54 Å². The lowest BCUT2D eigenvalue weighted by Crippen LogP contribution is -2.32. The van der Waals surface area contributed by atoms with Gasteiger partial charge in [0.25, 0.3) is 0 Å². The monoisotopic (exact) mass is 328 g/mol. The molecule has 0 unspecified atom stereocenters. The molecule has 0 aromatic carbocycles. The van der Waals surface area contributed by atoms with Gasteiger partial charge in [0.2, 0.25) is 11.8 Å². The predicted octanol–water partition coefficient (Wildman–Crippen LogP) is 4.00. The molecule has 5 nitrogen and oxygen atoms in total. The van der Waals surface area contributed by atoms with E-state index in [1.807, 2.05) is 6.07 Å². The minimum Gasteiger partial charge on any atom is -0.423 e. The normalized spacial score (nSPS) is 22.7. The topological polar surface area (TPSA) is 66.0 Å². The Morgan fingerprint density at radius 3 is 2.78 bits per heavy atom. The summed E-state index contributed by atoms with van der Waals surface area (Å²) < 4.78 is 6.01. The predicted molar refractivity (Wildman–Crippen MR) is 86.9 cm³/mol. The van der Waals surface area contributed by atoms with Crippen LogP contribution in [0.1, 0.15) is 72.0 Å². The molecular weight excluding hydrogens is 308 g/mol. The number of nitrogens with zero attached hydrogens (tertiary/aromatic N) is 4. The zero-order chi connectivity index (χ0) is 15.6. The zero-order valence-corrected chi connectivity index (χ0v) is 13.9. The van der Waals surface area contributed by atoms with Crippen molar-refractivity contribution in [1.29, 1.82) is 5.26 Å². The second-order valence-corrected chi connectivity index (χ2v) is 7.63. The summed E-state index contributed by atoms with van der Waals surface area (Å²) in [6.45, 7) is 1.91. The standard InChI is InChI=1S/C17H20N4OS/c18-10-13-7-8-14(23-13)11-21-9-2-1-6-15(21)17-20-19-16(22-17)12-4-3-5-12/h7-8,12,15H,1-6,9,11H2/t15-/m1/s1. The van der Waals surface area contributed by atoms with Crippen LogP contribution in [0.15, 0.2) is 16.5 Å². The van der Waals surface area contributed by atoms with Crippen LogP contribution in [0.3, 0.4) is 0 Å². The highest BCUT2D eigenvalue weighted by Gasteiger charge is 2.31. The largest absolute Gasteiger partial charge is 0.423 e. The number of likely N-dealkylation sites (tertiary alicyclic amines) is 1. The number of aromatic nitrogens is 2. The van der Waals surface area contributed by atoms with Crippen molar-refractivity contribution in [3.05, 3.63) is 33.7 Å². The van der Waals surface area contributed by atoms with Gasteiger partial charge in [-0.25, -0.2) is 0 Å². The van der Waals surface area contributed by atoms with Crippen molar-refractivity contribution in [2.45, 2.75) is 57.0 Å². The van der Waals surface area contributed by atoms with Gasteiger partial charge in [-0.2, -0.15) is 5.26 Å². The summed E-state index contributed by atoms with van der Waals surface area (Å²) in [5.74, 6) is 2.10. The molecule has 2 aliphatic rings. The maximum Gasteiger partial charge on any atom is 0.233 e. The molecule has 120 valence electrons. The van der Waals surface area contributed by atoms with Crippen molar-refractivity contribution in [2.24, 2.45) is 0 Å². The molecule has 2 fully saturated rings. The van der Waals surface area contributed by atoms with E-state index in [1.165, 1.54) is 37.0 Å². The van der Waals surface area contributed by atoms with Crippen molar-refractivity contribution in [1.82, 2.24) is 15.1 Å². The first-order valence-electron chi connectivity index (χ1n) is 8.39. The Bertz CT molecular complexity index is 712. The molecule has 2 aromatic rings. The number of hydrogen-bond donors (Lipinski definition) is 0. The fourth-order valence-electron chi connectivity index (χ4n) is 3.38. The molecule has 1 atom stereocenters. The first kappa shape index (κ1) is 14.9. The summed E-state index contributed by atoms with van der Waals surface area (Å²) in [6.07, 6.45) is 7.12. The van der Waals surface area contributed by atoms with Gasteiger partial charge in [0.15, 0.2) is 0 Å². The van der Waals surface area contributed by atoms with E-state index >= 15 is 0 Å². The Hall–Kier alpha value is -1.71. The molecule has 4 rings (SSSR count). The summed E-state index contributed by atoms with van der Waals surface area (Å²) >= 11 is 1.58. The molecule has 6 heteroatoms. The molecule has 1 aliphatic carbocycles. The highest BCUT2D eigenvalue weighted by atomic mass is 32.1. The van der Waals surface area contributed by atoms with E-state index in [0.29, 0.717) is 5.92 Å². The summed E-state index contributed by atoms with van der Waals surface area (Å²) in [5, 5.41) is 17.6. The van der Waals surface area contributed by atoms with Crippen LogP contribution in [-0.4, -0.2) is 21.6 Å². The van der Waals surface area contributed by atoms with Crippen LogP contribution >= 0.6 is 11.3 Å². The maximum absolute atomic E-state index is 8.98. The summed E-state index contributed by atoms with van der Waals surface area (Å²) in [5.41, 5.74) is 0. The van der Waals surface area contributed by atoms with Gasteiger partial charge in [0.05, 0.1) is 6.04 Å². The number of thiophene rings is 1. The van der Waals surface area contributed by atoms with Gasteiger partial charge < -0.3 is 4.42 Å². The molecule has 0 radical (unpaired) electrons. The number of nitriles is 1. The number of hydrogen-bond acceptors (Lipinski definition) is 6. The minimum absolute atomic E-state index is 0.220. The number of piperidine rings is 1. The number of rotatable bonds is 4.